The van der Waals surface area contributed by atoms with Gasteiger partial charge in [-0.2, -0.15) is 0 Å². The zero-order valence-corrected chi connectivity index (χ0v) is 6.84. The van der Waals surface area contributed by atoms with Gasteiger partial charge >= 0.3 is 5.97 Å². The predicted octanol–water partition coefficient (Wildman–Crippen LogP) is 1.02. The molecule has 0 spiro atoms. The summed E-state index contributed by atoms with van der Waals surface area (Å²) in [5.74, 6) is -0.887. The summed E-state index contributed by atoms with van der Waals surface area (Å²) < 4.78 is 0. The molecule has 0 aromatic heterocycles. The van der Waals surface area contributed by atoms with Crippen LogP contribution in [0.15, 0.2) is 12.2 Å². The van der Waals surface area contributed by atoms with Gasteiger partial charge in [-0.3, -0.25) is 0 Å². The van der Waals surface area contributed by atoms with E-state index in [0.29, 0.717) is 6.54 Å². The first-order chi connectivity index (χ1) is 5.27. The first-order valence-electron chi connectivity index (χ1n) is 3.87. The zero-order valence-electron chi connectivity index (χ0n) is 6.84. The van der Waals surface area contributed by atoms with Crippen molar-refractivity contribution >= 4 is 5.97 Å². The predicted molar refractivity (Wildman–Crippen MR) is 44.6 cm³/mol. The van der Waals surface area contributed by atoms with Gasteiger partial charge in [-0.15, -0.1) is 0 Å². The maximum Gasteiger partial charge on any atom is 0.328 e. The Bertz CT molecular complexity index is 132. The maximum atomic E-state index is 9.97. The second-order valence-corrected chi connectivity index (χ2v) is 2.30. The summed E-state index contributed by atoms with van der Waals surface area (Å²) in [5.41, 5.74) is 0. The minimum absolute atomic E-state index is 0.645. The Balaban J connectivity index is 3.07. The Kier molecular flexibility index (Phi) is 6.73. The van der Waals surface area contributed by atoms with Crippen LogP contribution in [0, 0.1) is 0 Å². The molecule has 0 aromatic rings. The van der Waals surface area contributed by atoms with Crippen molar-refractivity contribution in [2.24, 2.45) is 0 Å². The van der Waals surface area contributed by atoms with Gasteiger partial charge in [-0.1, -0.05) is 19.4 Å². The van der Waals surface area contributed by atoms with Crippen LogP contribution in [0.1, 0.15) is 19.8 Å². The van der Waals surface area contributed by atoms with Crippen LogP contribution in [0.25, 0.3) is 0 Å². The standard InChI is InChI=1S/C8H15NO2/c1-2-3-6-9-7-4-5-8(10)11/h4-5,9H,2-3,6-7H2,1H3,(H,10,11)/b5-4+. The van der Waals surface area contributed by atoms with Gasteiger partial charge in [0.2, 0.25) is 0 Å². The van der Waals surface area contributed by atoms with Crippen molar-refractivity contribution < 1.29 is 9.90 Å². The lowest BCUT2D eigenvalue weighted by Gasteiger charge is -1.96. The molecule has 0 rings (SSSR count). The van der Waals surface area contributed by atoms with Crippen LogP contribution in [-0.2, 0) is 4.79 Å². The van der Waals surface area contributed by atoms with Crippen molar-refractivity contribution in [3.63, 3.8) is 0 Å². The fourth-order valence-corrected chi connectivity index (χ4v) is 0.647. The molecule has 0 aliphatic carbocycles. The molecule has 3 nitrogen and oxygen atoms in total. The fourth-order valence-electron chi connectivity index (χ4n) is 0.647. The van der Waals surface area contributed by atoms with Crippen molar-refractivity contribution in [3.8, 4) is 0 Å². The summed E-state index contributed by atoms with van der Waals surface area (Å²) in [6.45, 7) is 3.72. The van der Waals surface area contributed by atoms with Gasteiger partial charge in [0.05, 0.1) is 0 Å². The van der Waals surface area contributed by atoms with Crippen LogP contribution in [0.5, 0.6) is 0 Å². The van der Waals surface area contributed by atoms with E-state index < -0.39 is 5.97 Å². The molecule has 0 aliphatic rings. The quantitative estimate of drug-likeness (QED) is 0.447. The Morgan fingerprint density at radius 1 is 1.64 bits per heavy atom. The highest BCUT2D eigenvalue weighted by atomic mass is 16.4. The van der Waals surface area contributed by atoms with Crippen molar-refractivity contribution in [1.29, 1.82) is 0 Å². The Morgan fingerprint density at radius 2 is 2.36 bits per heavy atom. The lowest BCUT2D eigenvalue weighted by Crippen LogP contribution is -2.14. The van der Waals surface area contributed by atoms with E-state index in [2.05, 4.69) is 12.2 Å². The lowest BCUT2D eigenvalue weighted by molar-refractivity contribution is -0.131. The summed E-state index contributed by atoms with van der Waals surface area (Å²) >= 11 is 0. The minimum Gasteiger partial charge on any atom is -0.478 e. The van der Waals surface area contributed by atoms with Gasteiger partial charge in [0, 0.05) is 12.6 Å². The monoisotopic (exact) mass is 157 g/mol. The molecule has 0 fully saturated rings. The molecule has 64 valence electrons. The highest BCUT2D eigenvalue weighted by Gasteiger charge is 1.84. The van der Waals surface area contributed by atoms with Crippen LogP contribution in [-0.4, -0.2) is 24.2 Å². The van der Waals surface area contributed by atoms with E-state index in [4.69, 9.17) is 5.11 Å². The number of carboxylic acid groups (broad SMARTS) is 1. The molecule has 0 aliphatic heterocycles. The van der Waals surface area contributed by atoms with E-state index in [-0.39, 0.29) is 0 Å². The Hall–Kier alpha value is -0.830. The highest BCUT2D eigenvalue weighted by molar-refractivity contribution is 5.79. The third-order valence-electron chi connectivity index (χ3n) is 1.23. The van der Waals surface area contributed by atoms with E-state index in [1.165, 1.54) is 0 Å². The van der Waals surface area contributed by atoms with Gasteiger partial charge < -0.3 is 10.4 Å². The highest BCUT2D eigenvalue weighted by Crippen LogP contribution is 1.81. The number of nitrogens with one attached hydrogen (secondary N) is 1. The second kappa shape index (κ2) is 7.28. The van der Waals surface area contributed by atoms with E-state index in [1.54, 1.807) is 6.08 Å². The van der Waals surface area contributed by atoms with Crippen molar-refractivity contribution in [2.75, 3.05) is 13.1 Å². The van der Waals surface area contributed by atoms with Gasteiger partial charge in [0.25, 0.3) is 0 Å². The summed E-state index contributed by atoms with van der Waals surface area (Å²) in [5, 5.41) is 11.3. The number of rotatable bonds is 6. The SMILES string of the molecule is CCCCNC/C=C/C(=O)O. The maximum absolute atomic E-state index is 9.97. The van der Waals surface area contributed by atoms with Crippen LogP contribution < -0.4 is 5.32 Å². The van der Waals surface area contributed by atoms with E-state index >= 15 is 0 Å². The summed E-state index contributed by atoms with van der Waals surface area (Å²) in [6.07, 6.45) is 5.06. The normalized spacial score (nSPS) is 10.6. The first-order valence-corrected chi connectivity index (χ1v) is 3.87. The molecule has 3 heteroatoms. The average molecular weight is 157 g/mol. The molecular formula is C8H15NO2. The van der Waals surface area contributed by atoms with Gasteiger partial charge in [-0.25, -0.2) is 4.79 Å². The molecule has 0 atom stereocenters. The number of unbranched alkanes of at least 4 members (excludes halogenated alkanes) is 1. The largest absolute Gasteiger partial charge is 0.478 e. The lowest BCUT2D eigenvalue weighted by atomic mass is 10.3. The summed E-state index contributed by atoms with van der Waals surface area (Å²) in [4.78, 5) is 9.97. The van der Waals surface area contributed by atoms with Gasteiger partial charge in [-0.05, 0) is 13.0 Å². The molecule has 0 unspecified atom stereocenters. The fraction of sp³-hybridized carbons (Fsp3) is 0.625. The van der Waals surface area contributed by atoms with Gasteiger partial charge in [0.15, 0.2) is 0 Å². The number of hydrogen-bond acceptors (Lipinski definition) is 2. The molecule has 11 heavy (non-hydrogen) atoms. The summed E-state index contributed by atoms with van der Waals surface area (Å²) in [6, 6.07) is 0. The van der Waals surface area contributed by atoms with Crippen molar-refractivity contribution in [2.45, 2.75) is 19.8 Å². The van der Waals surface area contributed by atoms with Crippen LogP contribution >= 0.6 is 0 Å². The Morgan fingerprint density at radius 3 is 2.91 bits per heavy atom. The van der Waals surface area contributed by atoms with Crippen LogP contribution in [0.2, 0.25) is 0 Å². The van der Waals surface area contributed by atoms with E-state index in [0.717, 1.165) is 25.5 Å². The molecule has 0 aromatic carbocycles. The topological polar surface area (TPSA) is 49.3 Å². The molecule has 0 amide bonds. The summed E-state index contributed by atoms with van der Waals surface area (Å²) in [7, 11) is 0. The molecule has 0 saturated heterocycles. The number of carboxylic acids is 1. The number of carbonyl (C=O) groups is 1. The smallest absolute Gasteiger partial charge is 0.328 e. The van der Waals surface area contributed by atoms with Crippen LogP contribution in [0.3, 0.4) is 0 Å². The minimum atomic E-state index is -0.887. The average Bonchev–Trinajstić information content (AvgIpc) is 1.96. The van der Waals surface area contributed by atoms with Crippen molar-refractivity contribution in [1.82, 2.24) is 5.32 Å². The number of aliphatic carboxylic acids is 1. The Labute approximate surface area is 67.1 Å². The molecule has 0 bridgehead atoms. The molecule has 0 radical (unpaired) electrons. The zero-order chi connectivity index (χ0) is 8.53. The van der Waals surface area contributed by atoms with E-state index in [9.17, 15) is 4.79 Å². The third kappa shape index (κ3) is 9.17. The van der Waals surface area contributed by atoms with E-state index in [1.807, 2.05) is 0 Å². The second-order valence-electron chi connectivity index (χ2n) is 2.30. The number of hydrogen-bond donors (Lipinski definition) is 2. The molecule has 2 N–H and O–H groups in total. The molecular weight excluding hydrogens is 142 g/mol. The first kappa shape index (κ1) is 10.2. The van der Waals surface area contributed by atoms with Gasteiger partial charge in [0.1, 0.15) is 0 Å². The van der Waals surface area contributed by atoms with Crippen LogP contribution in [0.4, 0.5) is 0 Å². The third-order valence-corrected chi connectivity index (χ3v) is 1.23. The van der Waals surface area contributed by atoms with Crippen molar-refractivity contribution in [3.05, 3.63) is 12.2 Å². The molecule has 0 heterocycles. The molecule has 0 saturated carbocycles.